The van der Waals surface area contributed by atoms with E-state index in [0.29, 0.717) is 24.8 Å². The molecule has 1 aromatic heterocycles. The average Bonchev–Trinajstić information content (AvgIpc) is 2.38. The number of nitrogens with one attached hydrogen (secondary N) is 3. The fourth-order valence-corrected chi connectivity index (χ4v) is 1.63. The van der Waals surface area contributed by atoms with Gasteiger partial charge < -0.3 is 20.7 Å². The summed E-state index contributed by atoms with van der Waals surface area (Å²) in [6.45, 7) is 7.36. The summed E-state index contributed by atoms with van der Waals surface area (Å²) in [6, 6.07) is 1.41. The molecule has 20 heavy (non-hydrogen) atoms. The zero-order valence-corrected chi connectivity index (χ0v) is 12.5. The largest absolute Gasteiger partial charge is 0.383 e. The molecule has 0 aliphatic rings. The molecule has 0 saturated heterocycles. The van der Waals surface area contributed by atoms with E-state index in [-0.39, 0.29) is 11.9 Å². The van der Waals surface area contributed by atoms with E-state index in [1.807, 2.05) is 13.8 Å². The van der Waals surface area contributed by atoms with E-state index in [1.165, 1.54) is 0 Å². The minimum absolute atomic E-state index is 0.0942. The molecule has 7 nitrogen and oxygen atoms in total. The Morgan fingerprint density at radius 3 is 2.75 bits per heavy atom. The summed E-state index contributed by atoms with van der Waals surface area (Å²) >= 11 is 0. The first-order valence-electron chi connectivity index (χ1n) is 6.69. The molecule has 0 spiro atoms. The summed E-state index contributed by atoms with van der Waals surface area (Å²) in [6.07, 6.45) is 0. The molecule has 0 bridgehead atoms. The number of methoxy groups -OCH3 is 1. The molecule has 0 saturated carbocycles. The van der Waals surface area contributed by atoms with Crippen molar-refractivity contribution in [3.8, 4) is 0 Å². The molecule has 0 aliphatic carbocycles. The Kier molecular flexibility index (Phi) is 6.72. The lowest BCUT2D eigenvalue weighted by Crippen LogP contribution is -2.39. The number of rotatable bonds is 8. The first kappa shape index (κ1) is 16.2. The first-order valence-corrected chi connectivity index (χ1v) is 6.69. The standard InChI is InChI=1S/C13H23N5O2/c1-5-14-11-8-12(18-10(3)17-11)16-9(2)13(19)15-6-7-20-4/h8-9H,5-7H2,1-4H3,(H,15,19)(H2,14,16,17,18). The number of hydrogen-bond acceptors (Lipinski definition) is 6. The summed E-state index contributed by atoms with van der Waals surface area (Å²) in [7, 11) is 1.60. The molecule has 7 heteroatoms. The van der Waals surface area contributed by atoms with Crippen LogP contribution in [0.1, 0.15) is 19.7 Å². The van der Waals surface area contributed by atoms with Gasteiger partial charge in [-0.15, -0.1) is 0 Å². The maximum Gasteiger partial charge on any atom is 0.242 e. The molecule has 0 fully saturated rings. The second kappa shape index (κ2) is 8.31. The summed E-state index contributed by atoms with van der Waals surface area (Å²) in [5.41, 5.74) is 0. The Balaban J connectivity index is 2.60. The van der Waals surface area contributed by atoms with Crippen LogP contribution in [0.25, 0.3) is 0 Å². The molecule has 112 valence electrons. The molecular formula is C13H23N5O2. The SMILES string of the molecule is CCNc1cc(NC(C)C(=O)NCCOC)nc(C)n1. The minimum Gasteiger partial charge on any atom is -0.383 e. The van der Waals surface area contributed by atoms with Crippen molar-refractivity contribution in [1.29, 1.82) is 0 Å². The van der Waals surface area contributed by atoms with Crippen molar-refractivity contribution in [3.05, 3.63) is 11.9 Å². The van der Waals surface area contributed by atoms with Crippen LogP contribution in [0.4, 0.5) is 11.6 Å². The van der Waals surface area contributed by atoms with Gasteiger partial charge in [0.05, 0.1) is 6.61 Å². The zero-order valence-electron chi connectivity index (χ0n) is 12.5. The van der Waals surface area contributed by atoms with Crippen LogP contribution < -0.4 is 16.0 Å². The van der Waals surface area contributed by atoms with Gasteiger partial charge in [-0.1, -0.05) is 0 Å². The van der Waals surface area contributed by atoms with Gasteiger partial charge in [0.25, 0.3) is 0 Å². The van der Waals surface area contributed by atoms with Gasteiger partial charge in [-0.05, 0) is 20.8 Å². The monoisotopic (exact) mass is 281 g/mol. The molecule has 0 radical (unpaired) electrons. The highest BCUT2D eigenvalue weighted by molar-refractivity contribution is 5.83. The Hall–Kier alpha value is -1.89. The Morgan fingerprint density at radius 1 is 1.40 bits per heavy atom. The van der Waals surface area contributed by atoms with Crippen LogP contribution in [0.3, 0.4) is 0 Å². The topological polar surface area (TPSA) is 88.2 Å². The van der Waals surface area contributed by atoms with Gasteiger partial charge in [-0.25, -0.2) is 9.97 Å². The lowest BCUT2D eigenvalue weighted by atomic mass is 10.3. The lowest BCUT2D eigenvalue weighted by Gasteiger charge is -2.15. The van der Waals surface area contributed by atoms with Crippen molar-refractivity contribution < 1.29 is 9.53 Å². The van der Waals surface area contributed by atoms with E-state index in [9.17, 15) is 4.79 Å². The number of aryl methyl sites for hydroxylation is 1. The predicted octanol–water partition coefficient (Wildman–Crippen LogP) is 0.780. The molecule has 0 aliphatic heterocycles. The minimum atomic E-state index is -0.379. The zero-order chi connectivity index (χ0) is 15.0. The van der Waals surface area contributed by atoms with Gasteiger partial charge in [-0.2, -0.15) is 0 Å². The van der Waals surface area contributed by atoms with Crippen molar-refractivity contribution >= 4 is 17.5 Å². The van der Waals surface area contributed by atoms with E-state index >= 15 is 0 Å². The number of nitrogens with zero attached hydrogens (tertiary/aromatic N) is 2. The van der Waals surface area contributed by atoms with Crippen molar-refractivity contribution in [1.82, 2.24) is 15.3 Å². The quantitative estimate of drug-likeness (QED) is 0.610. The van der Waals surface area contributed by atoms with Crippen LogP contribution >= 0.6 is 0 Å². The maximum atomic E-state index is 11.8. The Morgan fingerprint density at radius 2 is 2.10 bits per heavy atom. The van der Waals surface area contributed by atoms with Crippen molar-refractivity contribution in [2.75, 3.05) is 37.4 Å². The molecule has 1 heterocycles. The summed E-state index contributed by atoms with van der Waals surface area (Å²) in [5.74, 6) is 1.93. The predicted molar refractivity (Wildman–Crippen MR) is 78.9 cm³/mol. The molecule has 1 atom stereocenters. The number of amides is 1. The molecular weight excluding hydrogens is 258 g/mol. The van der Waals surface area contributed by atoms with Gasteiger partial charge in [0, 0.05) is 26.3 Å². The Labute approximate surface area is 119 Å². The van der Waals surface area contributed by atoms with Gasteiger partial charge in [0.2, 0.25) is 5.91 Å². The fraction of sp³-hybridized carbons (Fsp3) is 0.615. The third-order valence-electron chi connectivity index (χ3n) is 2.56. The van der Waals surface area contributed by atoms with Gasteiger partial charge in [0.15, 0.2) is 0 Å². The van der Waals surface area contributed by atoms with E-state index in [4.69, 9.17) is 4.74 Å². The molecule has 1 unspecified atom stereocenters. The van der Waals surface area contributed by atoms with E-state index in [2.05, 4.69) is 25.9 Å². The highest BCUT2D eigenvalue weighted by Crippen LogP contribution is 2.11. The second-order valence-electron chi connectivity index (χ2n) is 4.37. The number of anilines is 2. The number of carbonyl (C=O) groups excluding carboxylic acids is 1. The fourth-order valence-electron chi connectivity index (χ4n) is 1.63. The first-order chi connectivity index (χ1) is 9.56. The van der Waals surface area contributed by atoms with Crippen LogP contribution in [0.15, 0.2) is 6.07 Å². The maximum absolute atomic E-state index is 11.8. The van der Waals surface area contributed by atoms with Crippen LogP contribution in [0, 0.1) is 6.92 Å². The summed E-state index contributed by atoms with van der Waals surface area (Å²) in [5, 5.41) is 8.96. The van der Waals surface area contributed by atoms with E-state index in [1.54, 1.807) is 20.1 Å². The third-order valence-corrected chi connectivity index (χ3v) is 2.56. The van der Waals surface area contributed by atoms with Crippen molar-refractivity contribution in [2.45, 2.75) is 26.8 Å². The summed E-state index contributed by atoms with van der Waals surface area (Å²) in [4.78, 5) is 20.4. The lowest BCUT2D eigenvalue weighted by molar-refractivity contribution is -0.121. The number of ether oxygens (including phenoxy) is 1. The number of carbonyl (C=O) groups is 1. The van der Waals surface area contributed by atoms with Crippen LogP contribution in [-0.2, 0) is 9.53 Å². The van der Waals surface area contributed by atoms with Crippen LogP contribution in [-0.4, -0.2) is 48.7 Å². The smallest absolute Gasteiger partial charge is 0.242 e. The second-order valence-corrected chi connectivity index (χ2v) is 4.37. The summed E-state index contributed by atoms with van der Waals surface area (Å²) < 4.78 is 4.88. The Bertz CT molecular complexity index is 439. The number of aromatic nitrogens is 2. The molecule has 3 N–H and O–H groups in total. The van der Waals surface area contributed by atoms with Gasteiger partial charge in [0.1, 0.15) is 23.5 Å². The highest BCUT2D eigenvalue weighted by atomic mass is 16.5. The van der Waals surface area contributed by atoms with Crippen LogP contribution in [0.2, 0.25) is 0 Å². The molecule has 1 aromatic rings. The van der Waals surface area contributed by atoms with E-state index < -0.39 is 0 Å². The van der Waals surface area contributed by atoms with Gasteiger partial charge >= 0.3 is 0 Å². The molecule has 1 amide bonds. The number of hydrogen-bond donors (Lipinski definition) is 3. The van der Waals surface area contributed by atoms with Crippen molar-refractivity contribution in [3.63, 3.8) is 0 Å². The van der Waals surface area contributed by atoms with Crippen molar-refractivity contribution in [2.24, 2.45) is 0 Å². The highest BCUT2D eigenvalue weighted by Gasteiger charge is 2.13. The average molecular weight is 281 g/mol. The molecule has 0 aromatic carbocycles. The van der Waals surface area contributed by atoms with Gasteiger partial charge in [-0.3, -0.25) is 4.79 Å². The normalized spacial score (nSPS) is 11.8. The van der Waals surface area contributed by atoms with Crippen LogP contribution in [0.5, 0.6) is 0 Å². The third kappa shape index (κ3) is 5.40. The van der Waals surface area contributed by atoms with E-state index in [0.717, 1.165) is 12.4 Å². The molecule has 1 rings (SSSR count).